The molecule has 0 saturated carbocycles. The van der Waals surface area contributed by atoms with Gasteiger partial charge < -0.3 is 20.4 Å². The standard InChI is InChI=1S/C12H28N2O2/c1-11(2,8-14(4)5)6-13-7-12(3,9-15)10-16/h13,15-16H,6-10H2,1-5H3. The van der Waals surface area contributed by atoms with Gasteiger partial charge in [0.2, 0.25) is 0 Å². The smallest absolute Gasteiger partial charge is 0.0518 e. The van der Waals surface area contributed by atoms with E-state index in [1.165, 1.54) is 0 Å². The predicted molar refractivity (Wildman–Crippen MR) is 67.5 cm³/mol. The Hall–Kier alpha value is -0.160. The van der Waals surface area contributed by atoms with Crippen LogP contribution in [0.15, 0.2) is 0 Å². The highest BCUT2D eigenvalue weighted by Gasteiger charge is 2.24. The van der Waals surface area contributed by atoms with Crippen LogP contribution >= 0.6 is 0 Å². The average Bonchev–Trinajstić information content (AvgIpc) is 2.15. The van der Waals surface area contributed by atoms with Gasteiger partial charge in [0, 0.05) is 25.0 Å². The first kappa shape index (κ1) is 15.8. The van der Waals surface area contributed by atoms with Crippen molar-refractivity contribution in [2.45, 2.75) is 20.8 Å². The average molecular weight is 232 g/mol. The Bertz CT molecular complexity index is 189. The molecule has 16 heavy (non-hydrogen) atoms. The maximum atomic E-state index is 9.15. The summed E-state index contributed by atoms with van der Waals surface area (Å²) < 4.78 is 0. The second-order valence-electron chi connectivity index (χ2n) is 6.13. The Labute approximate surface area is 99.7 Å². The molecule has 0 aliphatic carbocycles. The van der Waals surface area contributed by atoms with Crippen molar-refractivity contribution in [2.75, 3.05) is 46.9 Å². The number of aliphatic hydroxyl groups is 2. The van der Waals surface area contributed by atoms with Crippen molar-refractivity contribution >= 4 is 0 Å². The molecule has 0 aromatic rings. The molecule has 0 aliphatic heterocycles. The molecule has 4 heteroatoms. The Balaban J connectivity index is 3.96. The summed E-state index contributed by atoms with van der Waals surface area (Å²) in [6.07, 6.45) is 0. The van der Waals surface area contributed by atoms with Crippen LogP contribution in [-0.2, 0) is 0 Å². The summed E-state index contributed by atoms with van der Waals surface area (Å²) in [6.45, 7) is 8.81. The lowest BCUT2D eigenvalue weighted by Gasteiger charge is -2.31. The molecule has 0 rings (SSSR count). The van der Waals surface area contributed by atoms with E-state index in [0.29, 0.717) is 6.54 Å². The van der Waals surface area contributed by atoms with Crippen molar-refractivity contribution in [3.8, 4) is 0 Å². The van der Waals surface area contributed by atoms with E-state index in [1.54, 1.807) is 0 Å². The lowest BCUT2D eigenvalue weighted by Crippen LogP contribution is -2.43. The third-order valence-electron chi connectivity index (χ3n) is 2.66. The van der Waals surface area contributed by atoms with Gasteiger partial charge >= 0.3 is 0 Å². The Kier molecular flexibility index (Phi) is 6.48. The zero-order valence-electron chi connectivity index (χ0n) is 11.4. The Morgan fingerprint density at radius 1 is 1.00 bits per heavy atom. The lowest BCUT2D eigenvalue weighted by atomic mass is 9.90. The van der Waals surface area contributed by atoms with Crippen LogP contribution in [0.4, 0.5) is 0 Å². The molecule has 0 amide bonds. The van der Waals surface area contributed by atoms with Gasteiger partial charge in [0.25, 0.3) is 0 Å². The highest BCUT2D eigenvalue weighted by atomic mass is 16.3. The highest BCUT2D eigenvalue weighted by molar-refractivity contribution is 4.79. The van der Waals surface area contributed by atoms with Crippen molar-refractivity contribution in [2.24, 2.45) is 10.8 Å². The molecule has 0 bridgehead atoms. The molecule has 0 unspecified atom stereocenters. The van der Waals surface area contributed by atoms with E-state index in [9.17, 15) is 0 Å². The molecule has 0 atom stereocenters. The predicted octanol–water partition coefficient (Wildman–Crippen LogP) is 0.155. The maximum Gasteiger partial charge on any atom is 0.0518 e. The quantitative estimate of drug-likeness (QED) is 0.558. The molecule has 0 aromatic carbocycles. The minimum Gasteiger partial charge on any atom is -0.396 e. The van der Waals surface area contributed by atoms with Gasteiger partial charge in [-0.05, 0) is 19.5 Å². The van der Waals surface area contributed by atoms with Gasteiger partial charge in [-0.1, -0.05) is 20.8 Å². The number of rotatable bonds is 8. The van der Waals surface area contributed by atoms with E-state index in [4.69, 9.17) is 10.2 Å². The molecule has 0 saturated heterocycles. The fourth-order valence-electron chi connectivity index (χ4n) is 1.78. The van der Waals surface area contributed by atoms with Crippen LogP contribution in [0, 0.1) is 10.8 Å². The van der Waals surface area contributed by atoms with E-state index in [0.717, 1.165) is 13.1 Å². The molecular formula is C12H28N2O2. The monoisotopic (exact) mass is 232 g/mol. The molecule has 3 N–H and O–H groups in total. The minimum absolute atomic E-state index is 0.00457. The molecule has 98 valence electrons. The summed E-state index contributed by atoms with van der Waals surface area (Å²) in [6, 6.07) is 0. The number of aliphatic hydroxyl groups excluding tert-OH is 2. The van der Waals surface area contributed by atoms with Crippen molar-refractivity contribution in [3.05, 3.63) is 0 Å². The summed E-state index contributed by atoms with van der Waals surface area (Å²) in [4.78, 5) is 2.17. The molecule has 0 spiro atoms. The zero-order valence-corrected chi connectivity index (χ0v) is 11.4. The first-order valence-electron chi connectivity index (χ1n) is 5.82. The number of hydrogen-bond donors (Lipinski definition) is 3. The molecule has 0 heterocycles. The Morgan fingerprint density at radius 3 is 1.88 bits per heavy atom. The third kappa shape index (κ3) is 6.43. The minimum atomic E-state index is -0.422. The van der Waals surface area contributed by atoms with E-state index < -0.39 is 5.41 Å². The van der Waals surface area contributed by atoms with E-state index in [1.807, 2.05) is 6.92 Å². The Morgan fingerprint density at radius 2 is 1.50 bits per heavy atom. The van der Waals surface area contributed by atoms with Crippen LogP contribution in [-0.4, -0.2) is 62.1 Å². The van der Waals surface area contributed by atoms with Gasteiger partial charge in [-0.2, -0.15) is 0 Å². The number of hydrogen-bond acceptors (Lipinski definition) is 4. The van der Waals surface area contributed by atoms with Gasteiger partial charge in [0.15, 0.2) is 0 Å². The summed E-state index contributed by atoms with van der Waals surface area (Å²) in [5.74, 6) is 0. The third-order valence-corrected chi connectivity index (χ3v) is 2.66. The van der Waals surface area contributed by atoms with Crippen LogP contribution < -0.4 is 5.32 Å². The second kappa shape index (κ2) is 6.55. The zero-order chi connectivity index (χ0) is 12.8. The largest absolute Gasteiger partial charge is 0.396 e. The highest BCUT2D eigenvalue weighted by Crippen LogP contribution is 2.16. The van der Waals surface area contributed by atoms with Crippen LogP contribution in [0.1, 0.15) is 20.8 Å². The van der Waals surface area contributed by atoms with Crippen LogP contribution in [0.25, 0.3) is 0 Å². The summed E-state index contributed by atoms with van der Waals surface area (Å²) >= 11 is 0. The summed E-state index contributed by atoms with van der Waals surface area (Å²) in [7, 11) is 4.13. The number of nitrogens with zero attached hydrogens (tertiary/aromatic N) is 1. The summed E-state index contributed by atoms with van der Waals surface area (Å²) in [5, 5.41) is 21.6. The number of nitrogens with one attached hydrogen (secondary N) is 1. The van der Waals surface area contributed by atoms with Crippen molar-refractivity contribution in [1.82, 2.24) is 10.2 Å². The molecule has 0 radical (unpaired) electrons. The van der Waals surface area contributed by atoms with Crippen LogP contribution in [0.2, 0.25) is 0 Å². The van der Waals surface area contributed by atoms with E-state index in [2.05, 4.69) is 38.2 Å². The van der Waals surface area contributed by atoms with Gasteiger partial charge in [-0.25, -0.2) is 0 Å². The van der Waals surface area contributed by atoms with Crippen LogP contribution in [0.3, 0.4) is 0 Å². The topological polar surface area (TPSA) is 55.7 Å². The molecule has 0 aliphatic rings. The fraction of sp³-hybridized carbons (Fsp3) is 1.00. The first-order chi connectivity index (χ1) is 7.24. The van der Waals surface area contributed by atoms with E-state index in [-0.39, 0.29) is 18.6 Å². The van der Waals surface area contributed by atoms with Crippen molar-refractivity contribution < 1.29 is 10.2 Å². The van der Waals surface area contributed by atoms with Gasteiger partial charge in [-0.3, -0.25) is 0 Å². The van der Waals surface area contributed by atoms with Gasteiger partial charge in [0.1, 0.15) is 0 Å². The fourth-order valence-corrected chi connectivity index (χ4v) is 1.78. The molecule has 4 nitrogen and oxygen atoms in total. The molecule has 0 aromatic heterocycles. The normalized spacial score (nSPS) is 13.5. The molecule has 0 fully saturated rings. The van der Waals surface area contributed by atoms with Gasteiger partial charge in [0.05, 0.1) is 13.2 Å². The summed E-state index contributed by atoms with van der Waals surface area (Å²) in [5.41, 5.74) is -0.233. The van der Waals surface area contributed by atoms with Crippen molar-refractivity contribution in [3.63, 3.8) is 0 Å². The maximum absolute atomic E-state index is 9.15. The first-order valence-corrected chi connectivity index (χ1v) is 5.82. The van der Waals surface area contributed by atoms with Gasteiger partial charge in [-0.15, -0.1) is 0 Å². The van der Waals surface area contributed by atoms with Crippen LogP contribution in [0.5, 0.6) is 0 Å². The van der Waals surface area contributed by atoms with E-state index >= 15 is 0 Å². The lowest BCUT2D eigenvalue weighted by molar-refractivity contribution is 0.0667. The van der Waals surface area contributed by atoms with Crippen molar-refractivity contribution in [1.29, 1.82) is 0 Å². The SMILES string of the molecule is CN(C)CC(C)(C)CNCC(C)(CO)CO. The molecular weight excluding hydrogens is 204 g/mol. The second-order valence-corrected chi connectivity index (χ2v) is 6.13.